The number of amides is 1. The number of piperazine rings is 2. The van der Waals surface area contributed by atoms with E-state index in [0.717, 1.165) is 11.1 Å². The van der Waals surface area contributed by atoms with E-state index in [1.165, 1.54) is 7.11 Å². The van der Waals surface area contributed by atoms with Crippen molar-refractivity contribution in [3.63, 3.8) is 0 Å². The molecule has 2 aromatic heterocycles. The van der Waals surface area contributed by atoms with E-state index >= 15 is 0 Å². The smallest absolute Gasteiger partial charge is 0.422 e. The predicted octanol–water partition coefficient (Wildman–Crippen LogP) is 5.06. The third-order valence-electron chi connectivity index (χ3n) is 8.92. The van der Waals surface area contributed by atoms with Gasteiger partial charge in [-0.25, -0.2) is 0 Å². The second kappa shape index (κ2) is 15.2. The van der Waals surface area contributed by atoms with Crippen molar-refractivity contribution in [1.29, 1.82) is 0 Å². The van der Waals surface area contributed by atoms with Crippen LogP contribution in [0.2, 0.25) is 0 Å². The van der Waals surface area contributed by atoms with E-state index in [2.05, 4.69) is 49.0 Å². The van der Waals surface area contributed by atoms with Crippen molar-refractivity contribution in [2.24, 2.45) is 0 Å². The first-order valence-electron chi connectivity index (χ1n) is 16.3. The van der Waals surface area contributed by atoms with Gasteiger partial charge in [0.15, 0.2) is 6.61 Å². The predicted molar refractivity (Wildman–Crippen MR) is 176 cm³/mol. The van der Waals surface area contributed by atoms with E-state index in [1.807, 2.05) is 41.3 Å². The number of rotatable bonds is 11. The molecule has 2 aromatic carbocycles. The minimum Gasteiger partial charge on any atom is -0.481 e. The highest BCUT2D eigenvalue weighted by molar-refractivity contribution is 5.94. The number of hydrogen-bond donors (Lipinski definition) is 0. The van der Waals surface area contributed by atoms with E-state index in [1.54, 1.807) is 31.5 Å². The van der Waals surface area contributed by atoms with Crippen LogP contribution in [-0.2, 0) is 6.54 Å². The Hall–Kier alpha value is -4.75. The average molecular weight is 677 g/mol. The summed E-state index contributed by atoms with van der Waals surface area (Å²) in [5.41, 5.74) is 3.15. The van der Waals surface area contributed by atoms with E-state index in [9.17, 15) is 18.0 Å². The van der Waals surface area contributed by atoms with Gasteiger partial charge in [-0.3, -0.25) is 19.6 Å². The minimum absolute atomic E-state index is 0.0328. The fraction of sp³-hybridized carbons (Fsp3) is 0.389. The standard InChI is InChI=1S/C36H39F3N6O4/c1-3-48-35-41-32(47-2)29(33(42-35)49-24-36(37,38)39)22-43-20-28-21-44(34(46)27-14-16-40-17-15-27)18-19-45(28)30(23-43)31(25-10-6-4-7-11-25)26-12-8-5-9-13-26/h4-17,28,30-31H,3,18-24H2,1-2H3/t28-,30?/m1/s1. The van der Waals surface area contributed by atoms with Crippen LogP contribution in [0, 0.1) is 0 Å². The van der Waals surface area contributed by atoms with Gasteiger partial charge in [-0.2, -0.15) is 23.1 Å². The highest BCUT2D eigenvalue weighted by Gasteiger charge is 2.43. The quantitative estimate of drug-likeness (QED) is 0.216. The summed E-state index contributed by atoms with van der Waals surface area (Å²) in [5, 5.41) is 0. The summed E-state index contributed by atoms with van der Waals surface area (Å²) >= 11 is 0. The van der Waals surface area contributed by atoms with Crippen LogP contribution in [0.3, 0.4) is 0 Å². The molecule has 1 unspecified atom stereocenters. The summed E-state index contributed by atoms with van der Waals surface area (Å²) < 4.78 is 56.3. The first kappa shape index (κ1) is 34.1. The van der Waals surface area contributed by atoms with Crippen molar-refractivity contribution < 1.29 is 32.2 Å². The van der Waals surface area contributed by atoms with Crippen molar-refractivity contribution in [3.05, 3.63) is 107 Å². The SMILES string of the molecule is CCOc1nc(OC)c(CN2CC(C(c3ccccc3)c3ccccc3)N3CCN(C(=O)c4ccncc4)C[C@H]3C2)c(OCC(F)(F)F)n1. The zero-order valence-electron chi connectivity index (χ0n) is 27.4. The third-order valence-corrected chi connectivity index (χ3v) is 8.92. The van der Waals surface area contributed by atoms with Crippen molar-refractivity contribution in [2.45, 2.75) is 37.6 Å². The van der Waals surface area contributed by atoms with Crippen LogP contribution < -0.4 is 14.2 Å². The van der Waals surface area contributed by atoms with Crippen molar-refractivity contribution in [2.75, 3.05) is 53.0 Å². The molecule has 0 spiro atoms. The normalized spacial score (nSPS) is 18.6. The molecule has 4 heterocycles. The Morgan fingerprint density at radius 3 is 2.14 bits per heavy atom. The molecule has 1 amide bonds. The largest absolute Gasteiger partial charge is 0.481 e. The van der Waals surface area contributed by atoms with Gasteiger partial charge in [0, 0.05) is 75.2 Å². The average Bonchev–Trinajstić information content (AvgIpc) is 3.12. The molecule has 258 valence electrons. The van der Waals surface area contributed by atoms with Crippen LogP contribution in [0.25, 0.3) is 0 Å². The molecule has 2 saturated heterocycles. The summed E-state index contributed by atoms with van der Waals surface area (Å²) in [6.07, 6.45) is -1.36. The van der Waals surface area contributed by atoms with Gasteiger partial charge in [-0.1, -0.05) is 60.7 Å². The van der Waals surface area contributed by atoms with Gasteiger partial charge in [0.1, 0.15) is 0 Å². The molecule has 0 bridgehead atoms. The molecule has 0 radical (unpaired) electrons. The zero-order valence-corrected chi connectivity index (χ0v) is 27.4. The molecule has 10 nitrogen and oxygen atoms in total. The molecule has 0 aliphatic carbocycles. The number of methoxy groups -OCH3 is 1. The first-order chi connectivity index (χ1) is 23.7. The monoisotopic (exact) mass is 676 g/mol. The van der Waals surface area contributed by atoms with Crippen LogP contribution in [0.4, 0.5) is 13.2 Å². The van der Waals surface area contributed by atoms with Crippen LogP contribution in [0.15, 0.2) is 85.2 Å². The maximum atomic E-state index is 13.6. The zero-order chi connectivity index (χ0) is 34.4. The number of pyridine rings is 1. The molecule has 2 fully saturated rings. The van der Waals surface area contributed by atoms with Crippen LogP contribution in [0.1, 0.15) is 39.9 Å². The van der Waals surface area contributed by atoms with Crippen LogP contribution >= 0.6 is 0 Å². The van der Waals surface area contributed by atoms with Gasteiger partial charge in [-0.05, 0) is 30.2 Å². The van der Waals surface area contributed by atoms with Gasteiger partial charge in [0.05, 0.1) is 19.3 Å². The Balaban J connectivity index is 1.38. The second-order valence-electron chi connectivity index (χ2n) is 12.1. The van der Waals surface area contributed by atoms with Gasteiger partial charge in [0.25, 0.3) is 5.91 Å². The molecule has 0 N–H and O–H groups in total. The molecule has 13 heteroatoms. The Kier molecular flexibility index (Phi) is 10.6. The Morgan fingerprint density at radius 2 is 1.53 bits per heavy atom. The lowest BCUT2D eigenvalue weighted by atomic mass is 9.81. The number of hydrogen-bond acceptors (Lipinski definition) is 9. The summed E-state index contributed by atoms with van der Waals surface area (Å²) in [5.74, 6) is -0.264. The summed E-state index contributed by atoms with van der Waals surface area (Å²) in [4.78, 5) is 32.7. The highest BCUT2D eigenvalue weighted by Crippen LogP contribution is 2.38. The minimum atomic E-state index is -4.58. The maximum absolute atomic E-state index is 13.6. The summed E-state index contributed by atoms with van der Waals surface area (Å²) in [6, 6.07) is 23.8. The molecule has 6 rings (SSSR count). The van der Waals surface area contributed by atoms with Crippen LogP contribution in [-0.4, -0.2) is 107 Å². The van der Waals surface area contributed by atoms with E-state index in [4.69, 9.17) is 14.2 Å². The van der Waals surface area contributed by atoms with E-state index in [0.29, 0.717) is 43.9 Å². The molecule has 49 heavy (non-hydrogen) atoms. The first-order valence-corrected chi connectivity index (χ1v) is 16.3. The number of ether oxygens (including phenoxy) is 3. The molecular weight excluding hydrogens is 637 g/mol. The van der Waals surface area contributed by atoms with Crippen molar-refractivity contribution >= 4 is 5.91 Å². The molecule has 4 aromatic rings. The number of fused-ring (bicyclic) bond motifs is 1. The molecule has 2 aliphatic heterocycles. The van der Waals surface area contributed by atoms with E-state index in [-0.39, 0.29) is 54.8 Å². The van der Waals surface area contributed by atoms with Gasteiger partial charge >= 0.3 is 12.2 Å². The number of alkyl halides is 3. The maximum Gasteiger partial charge on any atom is 0.422 e. The summed E-state index contributed by atoms with van der Waals surface area (Å²) in [7, 11) is 1.40. The number of aromatic nitrogens is 3. The lowest BCUT2D eigenvalue weighted by molar-refractivity contribution is -0.154. The number of halogens is 3. The fourth-order valence-electron chi connectivity index (χ4n) is 6.87. The van der Waals surface area contributed by atoms with E-state index < -0.39 is 12.8 Å². The van der Waals surface area contributed by atoms with Crippen LogP contribution in [0.5, 0.6) is 17.8 Å². The molecule has 0 saturated carbocycles. The lowest BCUT2D eigenvalue weighted by Crippen LogP contribution is -2.67. The van der Waals surface area contributed by atoms with Crippen molar-refractivity contribution in [3.8, 4) is 17.8 Å². The second-order valence-corrected chi connectivity index (χ2v) is 12.1. The Bertz CT molecular complexity index is 1640. The topological polar surface area (TPSA) is 93.2 Å². The van der Waals surface area contributed by atoms with Gasteiger partial charge < -0.3 is 19.1 Å². The number of nitrogens with zero attached hydrogens (tertiary/aromatic N) is 6. The van der Waals surface area contributed by atoms with Gasteiger partial charge in [0.2, 0.25) is 11.8 Å². The Morgan fingerprint density at radius 1 is 0.878 bits per heavy atom. The third kappa shape index (κ3) is 8.11. The highest BCUT2D eigenvalue weighted by atomic mass is 19.4. The molecule has 2 atom stereocenters. The fourth-order valence-corrected chi connectivity index (χ4v) is 6.87. The number of carbonyl (C=O) groups is 1. The summed E-state index contributed by atoms with van der Waals surface area (Å²) in [6.45, 7) is 3.34. The molecule has 2 aliphatic rings. The number of carbonyl (C=O) groups excluding carboxylic acids is 1. The lowest BCUT2D eigenvalue weighted by Gasteiger charge is -2.53. The van der Waals surface area contributed by atoms with Gasteiger partial charge in [-0.15, -0.1) is 0 Å². The van der Waals surface area contributed by atoms with Crippen molar-refractivity contribution in [1.82, 2.24) is 29.7 Å². The Labute approximate surface area is 283 Å². The number of benzene rings is 2. The molecular formula is C36H39F3N6O4.